The van der Waals surface area contributed by atoms with Gasteiger partial charge in [0.15, 0.2) is 0 Å². The molecule has 3 nitrogen and oxygen atoms in total. The van der Waals surface area contributed by atoms with Gasteiger partial charge in [-0.2, -0.15) is 0 Å². The predicted octanol–water partition coefficient (Wildman–Crippen LogP) is 2.07. The minimum Gasteiger partial charge on any atom is -0.389 e. The van der Waals surface area contributed by atoms with Crippen molar-refractivity contribution < 1.29 is 9.13 Å². The summed E-state index contributed by atoms with van der Waals surface area (Å²) >= 11 is 4.85. The van der Waals surface area contributed by atoms with Crippen molar-refractivity contribution in [1.82, 2.24) is 4.90 Å². The average molecular weight is 282 g/mol. The number of nitrogens with two attached hydrogens (primary N) is 1. The van der Waals surface area contributed by atoms with Crippen LogP contribution in [-0.4, -0.2) is 35.2 Å². The molecule has 1 aromatic carbocycles. The van der Waals surface area contributed by atoms with Crippen molar-refractivity contribution in [1.29, 1.82) is 0 Å². The largest absolute Gasteiger partial charge is 0.389 e. The highest BCUT2D eigenvalue weighted by Crippen LogP contribution is 2.20. The van der Waals surface area contributed by atoms with Crippen molar-refractivity contribution in [2.24, 2.45) is 5.73 Å². The molecule has 1 aliphatic heterocycles. The number of nitrogens with zero attached hydrogens (tertiary/aromatic N) is 1. The van der Waals surface area contributed by atoms with E-state index in [1.165, 1.54) is 0 Å². The van der Waals surface area contributed by atoms with E-state index >= 15 is 0 Å². The van der Waals surface area contributed by atoms with Crippen molar-refractivity contribution in [2.45, 2.75) is 26.0 Å². The minimum atomic E-state index is -0.306. The minimum absolute atomic E-state index is 0.0988. The molecule has 2 rings (SSSR count). The fourth-order valence-electron chi connectivity index (χ4n) is 2.38. The quantitative estimate of drug-likeness (QED) is 0.861. The van der Waals surface area contributed by atoms with Crippen LogP contribution in [0.15, 0.2) is 18.2 Å². The summed E-state index contributed by atoms with van der Waals surface area (Å²) in [5.74, 6) is -0.306. The molecule has 1 saturated heterocycles. The van der Waals surface area contributed by atoms with E-state index < -0.39 is 0 Å². The zero-order valence-corrected chi connectivity index (χ0v) is 12.1. The SMILES string of the molecule is CC1(C)CN(Cc2cccc(C(N)=S)c2F)CCO1. The third-order valence-electron chi connectivity index (χ3n) is 3.24. The van der Waals surface area contributed by atoms with Crippen molar-refractivity contribution in [3.8, 4) is 0 Å². The molecule has 0 radical (unpaired) electrons. The molecule has 0 aliphatic carbocycles. The van der Waals surface area contributed by atoms with Crippen LogP contribution in [0, 0.1) is 5.82 Å². The molecule has 0 amide bonds. The Labute approximate surface area is 118 Å². The van der Waals surface area contributed by atoms with Gasteiger partial charge >= 0.3 is 0 Å². The van der Waals surface area contributed by atoms with Crippen molar-refractivity contribution >= 4 is 17.2 Å². The molecule has 19 heavy (non-hydrogen) atoms. The first kappa shape index (κ1) is 14.4. The maximum absolute atomic E-state index is 14.2. The molecule has 104 valence electrons. The summed E-state index contributed by atoms with van der Waals surface area (Å²) < 4.78 is 19.9. The van der Waals surface area contributed by atoms with Gasteiger partial charge in [-0.25, -0.2) is 4.39 Å². The number of hydrogen-bond acceptors (Lipinski definition) is 3. The smallest absolute Gasteiger partial charge is 0.137 e. The summed E-state index contributed by atoms with van der Waals surface area (Å²) in [5, 5.41) is 0. The number of thiocarbonyl (C=S) groups is 1. The molecule has 0 unspecified atom stereocenters. The molecule has 2 N–H and O–H groups in total. The third kappa shape index (κ3) is 3.49. The lowest BCUT2D eigenvalue weighted by molar-refractivity contribution is -0.0884. The van der Waals surface area contributed by atoms with Gasteiger partial charge in [-0.05, 0) is 19.9 Å². The number of ether oxygens (including phenoxy) is 1. The zero-order valence-electron chi connectivity index (χ0n) is 11.3. The van der Waals surface area contributed by atoms with Crippen LogP contribution >= 0.6 is 12.2 Å². The van der Waals surface area contributed by atoms with Gasteiger partial charge in [0, 0.05) is 30.8 Å². The molecule has 0 atom stereocenters. The summed E-state index contributed by atoms with van der Waals surface area (Å²) in [7, 11) is 0. The number of rotatable bonds is 3. The van der Waals surface area contributed by atoms with Gasteiger partial charge in [0.05, 0.1) is 12.2 Å². The molecule has 0 aromatic heterocycles. The molecule has 1 aromatic rings. The summed E-state index contributed by atoms with van der Waals surface area (Å²) in [5.41, 5.74) is 6.28. The van der Waals surface area contributed by atoms with Gasteiger partial charge in [0.2, 0.25) is 0 Å². The maximum Gasteiger partial charge on any atom is 0.137 e. The van der Waals surface area contributed by atoms with Gasteiger partial charge in [0.25, 0.3) is 0 Å². The Balaban J connectivity index is 2.15. The lowest BCUT2D eigenvalue weighted by Crippen LogP contribution is -2.47. The van der Waals surface area contributed by atoms with E-state index in [0.29, 0.717) is 24.3 Å². The summed E-state index contributed by atoms with van der Waals surface area (Å²) in [6, 6.07) is 5.18. The second-order valence-electron chi connectivity index (χ2n) is 5.46. The third-order valence-corrected chi connectivity index (χ3v) is 3.46. The van der Waals surface area contributed by atoms with Gasteiger partial charge in [-0.1, -0.05) is 24.4 Å². The molecule has 1 heterocycles. The first-order chi connectivity index (χ1) is 8.89. The first-order valence-corrected chi connectivity index (χ1v) is 6.73. The van der Waals surface area contributed by atoms with Crippen molar-refractivity contribution in [3.63, 3.8) is 0 Å². The monoisotopic (exact) mass is 282 g/mol. The summed E-state index contributed by atoms with van der Waals surface area (Å²) in [6.07, 6.45) is 0. The van der Waals surface area contributed by atoms with Crippen LogP contribution in [0.25, 0.3) is 0 Å². The standard InChI is InChI=1S/C14H19FN2OS/c1-14(2)9-17(6-7-18-14)8-10-4-3-5-11(12(10)15)13(16)19/h3-5H,6-9H2,1-2H3,(H2,16,19). The Morgan fingerprint density at radius 3 is 2.89 bits per heavy atom. The van der Waals surface area contributed by atoms with Crippen LogP contribution in [0.2, 0.25) is 0 Å². The zero-order chi connectivity index (χ0) is 14.0. The van der Waals surface area contributed by atoms with E-state index in [1.807, 2.05) is 13.8 Å². The highest BCUT2D eigenvalue weighted by molar-refractivity contribution is 7.80. The summed E-state index contributed by atoms with van der Waals surface area (Å²) in [4.78, 5) is 2.28. The molecular weight excluding hydrogens is 263 g/mol. The van der Waals surface area contributed by atoms with Gasteiger partial charge in [-0.15, -0.1) is 0 Å². The molecular formula is C14H19FN2OS. The number of benzene rings is 1. The number of hydrogen-bond donors (Lipinski definition) is 1. The highest BCUT2D eigenvalue weighted by atomic mass is 32.1. The van der Waals surface area contributed by atoms with E-state index in [2.05, 4.69) is 4.90 Å². The van der Waals surface area contributed by atoms with Crippen LogP contribution < -0.4 is 5.73 Å². The molecule has 0 spiro atoms. The molecule has 0 saturated carbocycles. The van der Waals surface area contributed by atoms with Crippen molar-refractivity contribution in [3.05, 3.63) is 35.1 Å². The number of morpholine rings is 1. The van der Waals surface area contributed by atoms with Crippen LogP contribution in [0.4, 0.5) is 4.39 Å². The van der Waals surface area contributed by atoms with Crippen LogP contribution in [0.3, 0.4) is 0 Å². The molecule has 1 fully saturated rings. The fraction of sp³-hybridized carbons (Fsp3) is 0.500. The van der Waals surface area contributed by atoms with Crippen LogP contribution in [-0.2, 0) is 11.3 Å². The van der Waals surface area contributed by atoms with Gasteiger partial charge < -0.3 is 10.5 Å². The fourth-order valence-corrected chi connectivity index (χ4v) is 2.54. The van der Waals surface area contributed by atoms with E-state index in [0.717, 1.165) is 13.1 Å². The first-order valence-electron chi connectivity index (χ1n) is 6.32. The summed E-state index contributed by atoms with van der Waals surface area (Å²) in [6.45, 7) is 6.89. The lowest BCUT2D eigenvalue weighted by Gasteiger charge is -2.38. The maximum atomic E-state index is 14.2. The van der Waals surface area contributed by atoms with E-state index in [4.69, 9.17) is 22.7 Å². The predicted molar refractivity (Wildman–Crippen MR) is 77.6 cm³/mol. The van der Waals surface area contributed by atoms with E-state index in [9.17, 15) is 4.39 Å². The van der Waals surface area contributed by atoms with Gasteiger partial charge in [0.1, 0.15) is 10.8 Å². The average Bonchev–Trinajstić information content (AvgIpc) is 2.30. The second-order valence-corrected chi connectivity index (χ2v) is 5.90. The van der Waals surface area contributed by atoms with Crippen molar-refractivity contribution in [2.75, 3.05) is 19.7 Å². The molecule has 1 aliphatic rings. The Hall–Kier alpha value is -1.04. The molecule has 5 heteroatoms. The van der Waals surface area contributed by atoms with Gasteiger partial charge in [-0.3, -0.25) is 4.90 Å². The Bertz CT molecular complexity index is 490. The van der Waals surface area contributed by atoms with E-state index in [1.54, 1.807) is 18.2 Å². The molecule has 0 bridgehead atoms. The highest BCUT2D eigenvalue weighted by Gasteiger charge is 2.27. The van der Waals surface area contributed by atoms with Crippen LogP contribution in [0.5, 0.6) is 0 Å². The Morgan fingerprint density at radius 1 is 1.53 bits per heavy atom. The normalized spacial score (nSPS) is 19.3. The van der Waals surface area contributed by atoms with Crippen LogP contribution in [0.1, 0.15) is 25.0 Å². The van der Waals surface area contributed by atoms with E-state index in [-0.39, 0.29) is 16.4 Å². The lowest BCUT2D eigenvalue weighted by atomic mass is 10.1. The number of halogens is 1. The topological polar surface area (TPSA) is 38.5 Å². The Kier molecular flexibility index (Phi) is 4.18. The second kappa shape index (κ2) is 5.53. The Morgan fingerprint density at radius 2 is 2.26 bits per heavy atom.